The fourth-order valence-electron chi connectivity index (χ4n) is 2.74. The molecule has 160 valence electrons. The highest BCUT2D eigenvalue weighted by Crippen LogP contribution is 2.36. The van der Waals surface area contributed by atoms with Gasteiger partial charge in [0.2, 0.25) is 11.7 Å². The quantitative estimate of drug-likeness (QED) is 0.536. The summed E-state index contributed by atoms with van der Waals surface area (Å²) in [5.41, 5.74) is 0.692. The maximum atomic E-state index is 14.9. The first kappa shape index (κ1) is 22.6. The van der Waals surface area contributed by atoms with E-state index in [1.54, 1.807) is 13.8 Å². The third-order valence-corrected chi connectivity index (χ3v) is 6.14. The number of nitrogens with one attached hydrogen (secondary N) is 1. The van der Waals surface area contributed by atoms with Crippen molar-refractivity contribution in [2.75, 3.05) is 0 Å². The summed E-state index contributed by atoms with van der Waals surface area (Å²) in [6.45, 7) is 8.68. The first-order valence-corrected chi connectivity index (χ1v) is 10.6. The van der Waals surface area contributed by atoms with Crippen LogP contribution in [0.4, 0.5) is 8.78 Å². The van der Waals surface area contributed by atoms with E-state index < -0.39 is 33.8 Å². The molecule has 6 nitrogen and oxygen atoms in total. The van der Waals surface area contributed by atoms with Crippen molar-refractivity contribution in [1.29, 1.82) is 0 Å². The van der Waals surface area contributed by atoms with E-state index in [1.807, 2.05) is 20.8 Å². The Labute approximate surface area is 181 Å². The number of halogens is 3. The van der Waals surface area contributed by atoms with Crippen LogP contribution in [0, 0.1) is 18.6 Å². The predicted molar refractivity (Wildman–Crippen MR) is 112 cm³/mol. The molecule has 1 unspecified atom stereocenters. The molecule has 30 heavy (non-hydrogen) atoms. The van der Waals surface area contributed by atoms with Crippen LogP contribution >= 0.6 is 11.6 Å². The zero-order chi connectivity index (χ0) is 22.2. The second-order valence-corrected chi connectivity index (χ2v) is 10.2. The summed E-state index contributed by atoms with van der Waals surface area (Å²) >= 11 is 4.62. The van der Waals surface area contributed by atoms with E-state index in [0.29, 0.717) is 5.56 Å². The van der Waals surface area contributed by atoms with E-state index in [1.165, 1.54) is 18.3 Å². The molecule has 3 rings (SSSR count). The van der Waals surface area contributed by atoms with Crippen molar-refractivity contribution in [2.24, 2.45) is 0 Å². The van der Waals surface area contributed by atoms with Gasteiger partial charge in [-0.15, -0.1) is 4.72 Å². The Balaban J connectivity index is 2.01. The van der Waals surface area contributed by atoms with Crippen molar-refractivity contribution in [2.45, 2.75) is 45.4 Å². The van der Waals surface area contributed by atoms with E-state index >= 15 is 0 Å². The Morgan fingerprint density at radius 3 is 2.47 bits per heavy atom. The first-order valence-electron chi connectivity index (χ1n) is 9.11. The zero-order valence-corrected chi connectivity index (χ0v) is 18.7. The van der Waals surface area contributed by atoms with Gasteiger partial charge in [0.05, 0.1) is 17.3 Å². The number of benzene rings is 1. The zero-order valence-electron chi connectivity index (χ0n) is 17.1. The second kappa shape index (κ2) is 8.58. The number of hydrogen-bond donors (Lipinski definition) is 1. The van der Waals surface area contributed by atoms with Gasteiger partial charge in [-0.2, -0.15) is 4.98 Å². The lowest BCUT2D eigenvalue weighted by Gasteiger charge is -2.26. The summed E-state index contributed by atoms with van der Waals surface area (Å²) in [5.74, 6) is -1.01. The summed E-state index contributed by atoms with van der Waals surface area (Å²) in [6.07, 6.45) is 1.40. The molecule has 1 N–H and O–H groups in total. The largest absolute Gasteiger partial charge is 0.598 e. The molecular formula is C20H21ClF2N4O2S. The van der Waals surface area contributed by atoms with Crippen molar-refractivity contribution < 1.29 is 17.9 Å². The van der Waals surface area contributed by atoms with Crippen molar-refractivity contribution in [3.63, 3.8) is 0 Å². The number of aromatic nitrogens is 3. The molecule has 0 saturated carbocycles. The fraction of sp³-hybridized carbons (Fsp3) is 0.350. The highest BCUT2D eigenvalue weighted by molar-refractivity contribution is 7.90. The van der Waals surface area contributed by atoms with E-state index in [0.717, 1.165) is 6.07 Å². The molecule has 0 saturated heterocycles. The highest BCUT2D eigenvalue weighted by atomic mass is 35.5. The molecular weight excluding hydrogens is 434 g/mol. The SMILES string of the molecule is Cc1nc(-c2c(F)cc(Cl)cc2-c2cnc([C@@H](C)N[S+]([O-])C(C)(C)C)c(F)c2)no1. The number of hydrogen-bond acceptors (Lipinski definition) is 6. The number of aryl methyl sites for hydroxylation is 1. The second-order valence-electron chi connectivity index (χ2n) is 7.76. The smallest absolute Gasteiger partial charge is 0.223 e. The molecule has 0 amide bonds. The number of nitrogens with zero attached hydrogens (tertiary/aromatic N) is 3. The van der Waals surface area contributed by atoms with Crippen LogP contribution in [0.3, 0.4) is 0 Å². The Morgan fingerprint density at radius 1 is 1.20 bits per heavy atom. The van der Waals surface area contributed by atoms with E-state index in [2.05, 4.69) is 19.8 Å². The van der Waals surface area contributed by atoms with Crippen molar-refractivity contribution >= 4 is 23.0 Å². The number of rotatable bonds is 5. The van der Waals surface area contributed by atoms with Crippen LogP contribution in [-0.2, 0) is 11.4 Å². The lowest BCUT2D eigenvalue weighted by molar-refractivity contribution is 0.394. The van der Waals surface area contributed by atoms with Gasteiger partial charge in [-0.3, -0.25) is 4.98 Å². The van der Waals surface area contributed by atoms with Crippen molar-refractivity contribution in [3.8, 4) is 22.5 Å². The third kappa shape index (κ3) is 4.80. The van der Waals surface area contributed by atoms with Crippen LogP contribution in [0.25, 0.3) is 22.5 Å². The average molecular weight is 455 g/mol. The summed E-state index contributed by atoms with van der Waals surface area (Å²) in [4.78, 5) is 8.25. The lowest BCUT2D eigenvalue weighted by atomic mass is 9.99. The van der Waals surface area contributed by atoms with E-state index in [9.17, 15) is 13.3 Å². The molecule has 0 spiro atoms. The molecule has 0 aliphatic heterocycles. The van der Waals surface area contributed by atoms with Crippen LogP contribution in [0.5, 0.6) is 0 Å². The van der Waals surface area contributed by atoms with Gasteiger partial charge in [-0.05, 0) is 51.5 Å². The monoisotopic (exact) mass is 454 g/mol. The van der Waals surface area contributed by atoms with Gasteiger partial charge in [-0.1, -0.05) is 16.8 Å². The molecule has 2 atom stereocenters. The maximum Gasteiger partial charge on any atom is 0.223 e. The molecule has 0 bridgehead atoms. The van der Waals surface area contributed by atoms with Crippen LogP contribution < -0.4 is 4.72 Å². The summed E-state index contributed by atoms with van der Waals surface area (Å²) < 4.78 is 49.2. The summed E-state index contributed by atoms with van der Waals surface area (Å²) in [5, 5.41) is 3.89. The van der Waals surface area contributed by atoms with Gasteiger partial charge < -0.3 is 9.08 Å². The topological polar surface area (TPSA) is 86.9 Å². The van der Waals surface area contributed by atoms with Gasteiger partial charge in [0, 0.05) is 35.1 Å². The minimum atomic E-state index is -1.40. The molecule has 10 heteroatoms. The molecule has 0 fully saturated rings. The Hall–Kier alpha value is -2.07. The van der Waals surface area contributed by atoms with Crippen LogP contribution in [0.2, 0.25) is 5.02 Å². The third-order valence-electron chi connectivity index (χ3n) is 4.24. The molecule has 1 aromatic carbocycles. The molecule has 2 heterocycles. The minimum Gasteiger partial charge on any atom is -0.598 e. The lowest BCUT2D eigenvalue weighted by Crippen LogP contribution is -2.40. The molecule has 3 aromatic rings. The van der Waals surface area contributed by atoms with Crippen LogP contribution in [0.1, 0.15) is 45.3 Å². The van der Waals surface area contributed by atoms with Gasteiger partial charge in [0.25, 0.3) is 0 Å². The Bertz CT molecular complexity index is 1070. The van der Waals surface area contributed by atoms with Gasteiger partial charge in [0.1, 0.15) is 16.4 Å². The Kier molecular flexibility index (Phi) is 6.47. The van der Waals surface area contributed by atoms with E-state index in [4.69, 9.17) is 16.1 Å². The molecule has 2 aromatic heterocycles. The fourth-order valence-corrected chi connectivity index (χ4v) is 3.73. The predicted octanol–water partition coefficient (Wildman–Crippen LogP) is 5.15. The van der Waals surface area contributed by atoms with Gasteiger partial charge in [-0.25, -0.2) is 8.78 Å². The number of pyridine rings is 1. The summed E-state index contributed by atoms with van der Waals surface area (Å²) in [7, 11) is 0. The minimum absolute atomic E-state index is 0.0248. The van der Waals surface area contributed by atoms with Crippen molar-refractivity contribution in [3.05, 3.63) is 52.6 Å². The van der Waals surface area contributed by atoms with Crippen molar-refractivity contribution in [1.82, 2.24) is 19.8 Å². The van der Waals surface area contributed by atoms with Gasteiger partial charge in [0.15, 0.2) is 0 Å². The normalized spacial score (nSPS) is 14.0. The maximum absolute atomic E-state index is 14.9. The molecule has 0 radical (unpaired) electrons. The Morgan fingerprint density at radius 2 is 1.90 bits per heavy atom. The average Bonchev–Trinajstić information content (AvgIpc) is 3.05. The molecule has 0 aliphatic rings. The standard InChI is InChI=1S/C20H21ClF2N4O2S/c1-10(27-30(28)20(3,4)5)18-16(23)6-12(9-24-18)14-7-13(21)8-15(22)17(14)19-25-11(2)29-26-19/h6-10,27H,1-5H3/t10-,30?/m1/s1. The van der Waals surface area contributed by atoms with E-state index in [-0.39, 0.29) is 33.6 Å². The van der Waals surface area contributed by atoms with Crippen LogP contribution in [0.15, 0.2) is 28.9 Å². The molecule has 0 aliphatic carbocycles. The highest BCUT2D eigenvalue weighted by Gasteiger charge is 2.30. The summed E-state index contributed by atoms with van der Waals surface area (Å²) in [6, 6.07) is 3.23. The first-order chi connectivity index (χ1) is 14.0. The van der Waals surface area contributed by atoms with Gasteiger partial charge >= 0.3 is 0 Å². The van der Waals surface area contributed by atoms with Crippen LogP contribution in [-0.4, -0.2) is 24.4 Å².